The number of aliphatic carboxylic acids is 1. The monoisotopic (exact) mass is 696 g/mol. The molecule has 9 nitrogen and oxygen atoms in total. The number of carboxylic acids is 1. The molecule has 9 heteroatoms. The summed E-state index contributed by atoms with van der Waals surface area (Å²) < 4.78 is 6.43. The number of quaternary nitrogens is 1. The predicted molar refractivity (Wildman–Crippen MR) is 204 cm³/mol. The van der Waals surface area contributed by atoms with Crippen LogP contribution in [-0.4, -0.2) is 80.3 Å². The lowest BCUT2D eigenvalue weighted by atomic mass is 9.96. The summed E-state index contributed by atoms with van der Waals surface area (Å²) in [5.41, 5.74) is 9.83. The van der Waals surface area contributed by atoms with E-state index in [9.17, 15) is 14.4 Å². The van der Waals surface area contributed by atoms with Crippen LogP contribution in [-0.2, 0) is 27.2 Å². The zero-order valence-electron chi connectivity index (χ0n) is 31.6. The van der Waals surface area contributed by atoms with Gasteiger partial charge in [-0.15, -0.1) is 0 Å². The van der Waals surface area contributed by atoms with Gasteiger partial charge in [0.05, 0.1) is 33.7 Å². The molecule has 2 aromatic carbocycles. The number of rotatable bonds is 28. The highest BCUT2D eigenvalue weighted by atomic mass is 16.5. The van der Waals surface area contributed by atoms with Gasteiger partial charge in [-0.3, -0.25) is 14.4 Å². The molecule has 0 bridgehead atoms. The first-order valence-electron chi connectivity index (χ1n) is 19.2. The van der Waals surface area contributed by atoms with Crippen molar-refractivity contribution < 1.29 is 28.7 Å². The van der Waals surface area contributed by atoms with Crippen LogP contribution in [0.5, 0.6) is 5.75 Å². The van der Waals surface area contributed by atoms with Crippen LogP contribution in [0.4, 0.5) is 0 Å². The van der Waals surface area contributed by atoms with Crippen LogP contribution in [0.3, 0.4) is 0 Å². The number of amides is 2. The molecule has 0 radical (unpaired) electrons. The minimum atomic E-state index is -1.01. The lowest BCUT2D eigenvalue weighted by molar-refractivity contribution is -0.881. The molecular weight excluding hydrogens is 628 g/mol. The summed E-state index contributed by atoms with van der Waals surface area (Å²) in [7, 11) is 4.00. The number of ether oxygens (including phenoxy) is 1. The average molecular weight is 696 g/mol. The zero-order chi connectivity index (χ0) is 36.6. The molecule has 0 saturated heterocycles. The van der Waals surface area contributed by atoms with Gasteiger partial charge in [0, 0.05) is 6.42 Å². The van der Waals surface area contributed by atoms with Crippen molar-refractivity contribution >= 4 is 17.8 Å². The van der Waals surface area contributed by atoms with Crippen LogP contribution >= 0.6 is 0 Å². The van der Waals surface area contributed by atoms with Crippen molar-refractivity contribution in [3.63, 3.8) is 0 Å². The Morgan fingerprint density at radius 3 is 1.94 bits per heavy atom. The minimum Gasteiger partial charge on any atom is -0.492 e. The fourth-order valence-electron chi connectivity index (χ4n) is 6.17. The highest BCUT2D eigenvalue weighted by molar-refractivity contribution is 5.77. The Bertz CT molecular complexity index is 1260. The second kappa shape index (κ2) is 24.7. The Labute approximate surface area is 302 Å². The Hall–Kier alpha value is -3.43. The summed E-state index contributed by atoms with van der Waals surface area (Å²) in [6.07, 6.45) is 18.5. The largest absolute Gasteiger partial charge is 0.492 e. The molecule has 50 heavy (non-hydrogen) atoms. The molecule has 0 aliphatic heterocycles. The standard InChI is InChI=1S/C41H66N4O5/c1-5-7-8-9-10-11-12-13-14-15-16-17-18-19-39(46)43-26-28-45(3,4)32-40(47)44-27-29-50-36-24-25-37(34(6-2)31-36)35-22-20-33(21-23-35)30-38(42)41(48)49/h20-25,31,38H,5-19,26-30,32,42H2,1-4H3,(H2-,43,44,46,47,48,49)/p+1/t38-/m0/s1. The van der Waals surface area contributed by atoms with Gasteiger partial charge < -0.3 is 30.7 Å². The van der Waals surface area contributed by atoms with E-state index in [1.54, 1.807) is 0 Å². The van der Waals surface area contributed by atoms with Gasteiger partial charge in [-0.25, -0.2) is 0 Å². The van der Waals surface area contributed by atoms with Gasteiger partial charge in [-0.2, -0.15) is 0 Å². The number of carboxylic acid groups (broad SMARTS) is 1. The van der Waals surface area contributed by atoms with Gasteiger partial charge in [0.15, 0.2) is 6.54 Å². The maximum absolute atomic E-state index is 12.6. The number of nitrogens with one attached hydrogen (secondary N) is 2. The molecule has 2 aromatic rings. The topological polar surface area (TPSA) is 131 Å². The molecule has 0 aliphatic carbocycles. The van der Waals surface area contributed by atoms with E-state index in [0.29, 0.717) is 43.7 Å². The summed E-state index contributed by atoms with van der Waals surface area (Å²) in [6.45, 7) is 6.67. The Morgan fingerprint density at radius 2 is 1.36 bits per heavy atom. The average Bonchev–Trinajstić information content (AvgIpc) is 3.08. The summed E-state index contributed by atoms with van der Waals surface area (Å²) in [4.78, 5) is 36.0. The van der Waals surface area contributed by atoms with E-state index in [1.165, 1.54) is 70.6 Å². The molecule has 0 saturated carbocycles. The molecular formula is C41H67N4O5+. The van der Waals surface area contributed by atoms with Crippen molar-refractivity contribution in [3.8, 4) is 16.9 Å². The van der Waals surface area contributed by atoms with Crippen molar-refractivity contribution in [2.24, 2.45) is 5.73 Å². The van der Waals surface area contributed by atoms with Crippen molar-refractivity contribution in [2.75, 3.05) is 46.9 Å². The number of benzene rings is 2. The van der Waals surface area contributed by atoms with E-state index in [4.69, 9.17) is 15.6 Å². The first kappa shape index (κ1) is 42.7. The van der Waals surface area contributed by atoms with Gasteiger partial charge in [-0.1, -0.05) is 121 Å². The molecule has 280 valence electrons. The maximum atomic E-state index is 12.6. The molecule has 0 fully saturated rings. The quantitative estimate of drug-likeness (QED) is 0.0558. The predicted octanol–water partition coefficient (Wildman–Crippen LogP) is 7.04. The van der Waals surface area contributed by atoms with Crippen LogP contribution in [0.15, 0.2) is 42.5 Å². The van der Waals surface area contributed by atoms with Crippen LogP contribution in [0.1, 0.15) is 115 Å². The minimum absolute atomic E-state index is 0.0470. The molecule has 1 atom stereocenters. The van der Waals surface area contributed by atoms with E-state index in [0.717, 1.165) is 47.3 Å². The van der Waals surface area contributed by atoms with E-state index < -0.39 is 12.0 Å². The first-order chi connectivity index (χ1) is 24.0. The van der Waals surface area contributed by atoms with Gasteiger partial charge in [0.2, 0.25) is 5.91 Å². The molecule has 0 spiro atoms. The molecule has 2 amide bonds. The molecule has 0 aliphatic rings. The van der Waals surface area contributed by atoms with Crippen molar-refractivity contribution in [1.29, 1.82) is 0 Å². The molecule has 0 heterocycles. The molecule has 2 rings (SSSR count). The first-order valence-corrected chi connectivity index (χ1v) is 19.2. The van der Waals surface area contributed by atoms with E-state index >= 15 is 0 Å². The Morgan fingerprint density at radius 1 is 0.780 bits per heavy atom. The number of hydrogen-bond acceptors (Lipinski definition) is 5. The number of unbranched alkanes of at least 4 members (excludes halogenated alkanes) is 12. The summed E-state index contributed by atoms with van der Waals surface area (Å²) >= 11 is 0. The Balaban J connectivity index is 1.57. The summed E-state index contributed by atoms with van der Waals surface area (Å²) in [5, 5.41) is 15.0. The lowest BCUT2D eigenvalue weighted by Crippen LogP contribution is -2.51. The zero-order valence-corrected chi connectivity index (χ0v) is 31.6. The number of carbonyl (C=O) groups excluding carboxylic acids is 2. The Kier molecular flexibility index (Phi) is 21.1. The molecule has 5 N–H and O–H groups in total. The highest BCUT2D eigenvalue weighted by Gasteiger charge is 2.20. The number of nitrogens with two attached hydrogens (primary N) is 1. The van der Waals surface area contributed by atoms with E-state index in [1.807, 2.05) is 56.6 Å². The van der Waals surface area contributed by atoms with Gasteiger partial charge in [-0.05, 0) is 53.6 Å². The molecule has 0 aromatic heterocycles. The maximum Gasteiger partial charge on any atom is 0.320 e. The lowest BCUT2D eigenvalue weighted by Gasteiger charge is -2.29. The second-order valence-electron chi connectivity index (χ2n) is 14.4. The van der Waals surface area contributed by atoms with Crippen LogP contribution < -0.4 is 21.1 Å². The fraction of sp³-hybridized carbons (Fsp3) is 0.634. The van der Waals surface area contributed by atoms with Crippen molar-refractivity contribution in [3.05, 3.63) is 53.6 Å². The van der Waals surface area contributed by atoms with Crippen LogP contribution in [0, 0.1) is 0 Å². The van der Waals surface area contributed by atoms with Crippen LogP contribution in [0.25, 0.3) is 11.1 Å². The summed E-state index contributed by atoms with van der Waals surface area (Å²) in [5.74, 6) is -0.207. The third-order valence-corrected chi connectivity index (χ3v) is 9.31. The highest BCUT2D eigenvalue weighted by Crippen LogP contribution is 2.28. The normalized spacial score (nSPS) is 12.0. The molecule has 0 unspecified atom stereocenters. The third kappa shape index (κ3) is 18.5. The number of carbonyl (C=O) groups is 3. The number of likely N-dealkylation sites (N-methyl/N-ethyl adjacent to an activating group) is 1. The number of aryl methyl sites for hydroxylation is 1. The second-order valence-corrected chi connectivity index (χ2v) is 14.4. The summed E-state index contributed by atoms with van der Waals surface area (Å²) in [6, 6.07) is 12.9. The van der Waals surface area contributed by atoms with Gasteiger partial charge >= 0.3 is 5.97 Å². The SMILES string of the molecule is CCCCCCCCCCCCCCCC(=O)NCC[N+](C)(C)CC(=O)NCCOc1ccc(-c2ccc(C[C@H](N)C(=O)O)cc2)c(CC)c1. The van der Waals surface area contributed by atoms with Gasteiger partial charge in [0.1, 0.15) is 18.4 Å². The number of nitrogens with zero attached hydrogens (tertiary/aromatic N) is 1. The van der Waals surface area contributed by atoms with E-state index in [-0.39, 0.29) is 18.2 Å². The van der Waals surface area contributed by atoms with E-state index in [2.05, 4.69) is 24.5 Å². The van der Waals surface area contributed by atoms with Crippen molar-refractivity contribution in [2.45, 2.75) is 123 Å². The van der Waals surface area contributed by atoms with Crippen LogP contribution in [0.2, 0.25) is 0 Å². The van der Waals surface area contributed by atoms with Crippen molar-refractivity contribution in [1.82, 2.24) is 10.6 Å². The smallest absolute Gasteiger partial charge is 0.320 e. The third-order valence-electron chi connectivity index (χ3n) is 9.31. The van der Waals surface area contributed by atoms with Gasteiger partial charge in [0.25, 0.3) is 5.91 Å². The number of hydrogen-bond donors (Lipinski definition) is 4. The fourth-order valence-corrected chi connectivity index (χ4v) is 6.17.